The predicted molar refractivity (Wildman–Crippen MR) is 163 cm³/mol. The van der Waals surface area contributed by atoms with E-state index in [0.29, 0.717) is 18.8 Å². The highest BCUT2D eigenvalue weighted by atomic mass is 16.8. The molecule has 1 aromatic rings. The van der Waals surface area contributed by atoms with E-state index in [9.17, 15) is 49.5 Å². The van der Waals surface area contributed by atoms with Gasteiger partial charge in [-0.2, -0.15) is 0 Å². The lowest BCUT2D eigenvalue weighted by atomic mass is 9.74. The molecule has 2 saturated heterocycles. The zero-order chi connectivity index (χ0) is 36.9. The standard InChI is InChI=1S/C35H46O14/c1-7-19(2)17-20(3)13-14-25(37)47-28-27(38)33(48-29(30(39)40)34(45,31(41)42)35(28,49-33)32(43)44)16-15-21(4)26(46-23(6)36)22(5)18-24-11-9-8-10-12-24/h8-14,19-20,22,26-29,38,45H,4,7,15-18H2,1-3,5-6H3,(H,39,40)(H,41,42)(H,43,44)/p-3/b14-13+/t19-,20+,22+,26+,27+,28+,29+,33?,34+,35-/m0/s1. The molecule has 2 aliphatic heterocycles. The van der Waals surface area contributed by atoms with E-state index in [4.69, 9.17) is 18.9 Å². The lowest BCUT2D eigenvalue weighted by Crippen LogP contribution is -2.82. The third-order valence-electron chi connectivity index (χ3n) is 9.25. The Morgan fingerprint density at radius 3 is 2.22 bits per heavy atom. The van der Waals surface area contributed by atoms with Gasteiger partial charge in [-0.05, 0) is 42.2 Å². The van der Waals surface area contributed by atoms with Crippen molar-refractivity contribution in [1.82, 2.24) is 0 Å². The van der Waals surface area contributed by atoms with Crippen molar-refractivity contribution in [2.24, 2.45) is 17.8 Å². The molecule has 10 atom stereocenters. The first-order valence-corrected chi connectivity index (χ1v) is 16.1. The van der Waals surface area contributed by atoms with Crippen LogP contribution in [0.15, 0.2) is 54.6 Å². The van der Waals surface area contributed by atoms with Crippen molar-refractivity contribution >= 4 is 29.8 Å². The molecule has 2 bridgehead atoms. The van der Waals surface area contributed by atoms with Gasteiger partial charge in [-0.25, -0.2) is 4.79 Å². The average molecular weight is 688 g/mol. The molecule has 0 amide bonds. The molecule has 2 aliphatic rings. The summed E-state index contributed by atoms with van der Waals surface area (Å²) in [4.78, 5) is 62.4. The van der Waals surface area contributed by atoms with Gasteiger partial charge >= 0.3 is 11.9 Å². The quantitative estimate of drug-likeness (QED) is 0.112. The molecule has 3 rings (SSSR count). The van der Waals surface area contributed by atoms with E-state index in [1.54, 1.807) is 13.8 Å². The normalized spacial score (nSPS) is 30.1. The summed E-state index contributed by atoms with van der Waals surface area (Å²) in [6, 6.07) is 9.21. The summed E-state index contributed by atoms with van der Waals surface area (Å²) in [6.45, 7) is 12.7. The van der Waals surface area contributed by atoms with Crippen LogP contribution in [0, 0.1) is 17.8 Å². The predicted octanol–water partition coefficient (Wildman–Crippen LogP) is -1.12. The molecule has 0 spiro atoms. The molecule has 1 aromatic carbocycles. The number of ether oxygens (including phenoxy) is 4. The summed E-state index contributed by atoms with van der Waals surface area (Å²) in [5.74, 6) is -12.6. The van der Waals surface area contributed by atoms with Gasteiger partial charge in [0.25, 0.3) is 0 Å². The highest BCUT2D eigenvalue weighted by Gasteiger charge is 2.80. The number of hydrogen-bond acceptors (Lipinski definition) is 14. The van der Waals surface area contributed by atoms with Crippen molar-refractivity contribution in [3.05, 3.63) is 60.2 Å². The van der Waals surface area contributed by atoms with E-state index >= 15 is 0 Å². The van der Waals surface area contributed by atoms with Gasteiger partial charge in [-0.15, -0.1) is 0 Å². The number of rotatable bonds is 17. The number of carboxylic acid groups (broad SMARTS) is 3. The Hall–Kier alpha value is -4.11. The Balaban J connectivity index is 2.02. The summed E-state index contributed by atoms with van der Waals surface area (Å²) >= 11 is 0. The molecular weight excluding hydrogens is 644 g/mol. The minimum atomic E-state index is -4.13. The largest absolute Gasteiger partial charge is 0.547 e. The Morgan fingerprint density at radius 2 is 1.69 bits per heavy atom. The molecule has 0 aliphatic carbocycles. The zero-order valence-electron chi connectivity index (χ0n) is 28.1. The Bertz CT molecular complexity index is 1440. The van der Waals surface area contributed by atoms with Crippen molar-refractivity contribution in [3.63, 3.8) is 0 Å². The second-order valence-electron chi connectivity index (χ2n) is 13.1. The molecule has 0 radical (unpaired) electrons. The summed E-state index contributed by atoms with van der Waals surface area (Å²) in [5.41, 5.74) is -6.78. The number of benzene rings is 1. The van der Waals surface area contributed by atoms with Crippen molar-refractivity contribution in [1.29, 1.82) is 0 Å². The lowest BCUT2D eigenvalue weighted by molar-refractivity contribution is -0.430. The zero-order valence-corrected chi connectivity index (χ0v) is 28.1. The van der Waals surface area contributed by atoms with Crippen LogP contribution < -0.4 is 15.3 Å². The maximum atomic E-state index is 13.0. The SMILES string of the molecule is C=C(CCC12O[C@H](C(=O)[O-])[C@@](O)(C(=O)[O-])[C@](C(=O)[O-])(O1)[C@H](OC(=O)/C=C/[C@@H](C)C[C@@H](C)CC)[C@H]2O)[C@@H](OC(C)=O)[C@H](C)Cc1ccccc1. The first-order chi connectivity index (χ1) is 22.9. The molecule has 14 heteroatoms. The van der Waals surface area contributed by atoms with E-state index < -0.39 is 77.7 Å². The van der Waals surface area contributed by atoms with Gasteiger partial charge in [0, 0.05) is 25.3 Å². The van der Waals surface area contributed by atoms with Crippen LogP contribution in [0.25, 0.3) is 0 Å². The van der Waals surface area contributed by atoms with Crippen molar-refractivity contribution in [2.45, 2.75) is 108 Å². The fraction of sp³-hybridized carbons (Fsp3) is 0.571. The summed E-state index contributed by atoms with van der Waals surface area (Å²) in [7, 11) is 0. The summed E-state index contributed by atoms with van der Waals surface area (Å²) < 4.78 is 21.7. The lowest BCUT2D eigenvalue weighted by Gasteiger charge is -2.55. The molecular formula is C35H43O14-3. The van der Waals surface area contributed by atoms with Gasteiger partial charge in [0.15, 0.2) is 17.3 Å². The third kappa shape index (κ3) is 7.88. The van der Waals surface area contributed by atoms with Crippen LogP contribution >= 0.6 is 0 Å². The fourth-order valence-corrected chi connectivity index (χ4v) is 6.55. The van der Waals surface area contributed by atoms with E-state index in [1.165, 1.54) is 13.0 Å². The smallest absolute Gasteiger partial charge is 0.330 e. The molecule has 0 saturated carbocycles. The monoisotopic (exact) mass is 687 g/mol. The Kier molecular flexibility index (Phi) is 12.5. The molecule has 14 nitrogen and oxygen atoms in total. The van der Waals surface area contributed by atoms with E-state index in [0.717, 1.165) is 18.1 Å². The number of allylic oxidation sites excluding steroid dienone is 1. The number of fused-ring (bicyclic) bond motifs is 2. The van der Waals surface area contributed by atoms with Crippen LogP contribution in [0.4, 0.5) is 0 Å². The second kappa shape index (κ2) is 15.6. The highest BCUT2D eigenvalue weighted by molar-refractivity contribution is 5.96. The second-order valence-corrected chi connectivity index (χ2v) is 13.1. The van der Waals surface area contributed by atoms with Gasteiger partial charge in [-0.1, -0.05) is 77.1 Å². The van der Waals surface area contributed by atoms with Crippen LogP contribution in [0.5, 0.6) is 0 Å². The van der Waals surface area contributed by atoms with Crippen molar-refractivity contribution in [3.8, 4) is 0 Å². The van der Waals surface area contributed by atoms with Crippen LogP contribution in [0.2, 0.25) is 0 Å². The highest BCUT2D eigenvalue weighted by Crippen LogP contribution is 2.55. The summed E-state index contributed by atoms with van der Waals surface area (Å²) in [6.07, 6.45) is -5.59. The Labute approximate surface area is 284 Å². The fourth-order valence-electron chi connectivity index (χ4n) is 6.55. The summed E-state index contributed by atoms with van der Waals surface area (Å²) in [5, 5.41) is 60.2. The molecule has 270 valence electrons. The minimum absolute atomic E-state index is 0.153. The van der Waals surface area contributed by atoms with E-state index in [2.05, 4.69) is 6.58 Å². The number of carboxylic acids is 3. The molecule has 0 aromatic heterocycles. The number of esters is 2. The van der Waals surface area contributed by atoms with Gasteiger partial charge in [0.05, 0.1) is 17.9 Å². The van der Waals surface area contributed by atoms with E-state index in [1.807, 2.05) is 44.2 Å². The van der Waals surface area contributed by atoms with Crippen LogP contribution in [-0.2, 0) is 49.3 Å². The maximum Gasteiger partial charge on any atom is 0.330 e. The van der Waals surface area contributed by atoms with Crippen LogP contribution in [0.3, 0.4) is 0 Å². The topological polar surface area (TPSA) is 232 Å². The third-order valence-corrected chi connectivity index (χ3v) is 9.25. The van der Waals surface area contributed by atoms with Crippen LogP contribution in [0.1, 0.15) is 65.9 Å². The first-order valence-electron chi connectivity index (χ1n) is 16.1. The van der Waals surface area contributed by atoms with E-state index in [-0.39, 0.29) is 23.8 Å². The van der Waals surface area contributed by atoms with Crippen molar-refractivity contribution in [2.75, 3.05) is 0 Å². The Morgan fingerprint density at radius 1 is 1.06 bits per heavy atom. The molecule has 2 N–H and O–H groups in total. The van der Waals surface area contributed by atoms with Gasteiger partial charge in [0.1, 0.15) is 18.3 Å². The number of aliphatic hydroxyl groups is 2. The molecule has 1 unspecified atom stereocenters. The number of hydrogen-bond donors (Lipinski definition) is 2. The number of aliphatic hydroxyl groups excluding tert-OH is 1. The number of carbonyl (C=O) groups is 5. The number of carbonyl (C=O) groups excluding carboxylic acids is 5. The number of aliphatic carboxylic acids is 3. The molecule has 2 heterocycles. The first kappa shape index (κ1) is 39.3. The molecule has 49 heavy (non-hydrogen) atoms. The average Bonchev–Trinajstić information content (AvgIpc) is 3.25. The van der Waals surface area contributed by atoms with Crippen molar-refractivity contribution < 1.29 is 68.5 Å². The molecule has 2 fully saturated rings. The van der Waals surface area contributed by atoms with Crippen LogP contribution in [-0.4, -0.2) is 81.5 Å². The van der Waals surface area contributed by atoms with Gasteiger partial charge in [0.2, 0.25) is 5.79 Å². The van der Waals surface area contributed by atoms with Gasteiger partial charge in [-0.3, -0.25) is 4.79 Å². The van der Waals surface area contributed by atoms with Gasteiger partial charge < -0.3 is 58.9 Å². The maximum absolute atomic E-state index is 13.0. The minimum Gasteiger partial charge on any atom is -0.547 e.